The number of carboxylic acid groups (broad SMARTS) is 1. The standard InChI is InChI=1S/C6H12O2.Sn/c1-2-3-4-5-6(7)8;/h2-5H2,1H3,(H,7,8);. The number of carboxylic acids is 1. The minimum absolute atomic E-state index is 0. The molecule has 1 N–H and O–H groups in total. The van der Waals surface area contributed by atoms with Crippen molar-refractivity contribution in [2.45, 2.75) is 32.6 Å². The van der Waals surface area contributed by atoms with Crippen LogP contribution in [0.1, 0.15) is 32.6 Å². The van der Waals surface area contributed by atoms with Crippen LogP contribution in [0.4, 0.5) is 0 Å². The molecule has 0 bridgehead atoms. The second-order valence-electron chi connectivity index (χ2n) is 1.85. The zero-order valence-electron chi connectivity index (χ0n) is 5.68. The van der Waals surface area contributed by atoms with Crippen LogP contribution in [-0.2, 0) is 4.79 Å². The van der Waals surface area contributed by atoms with E-state index in [1.165, 1.54) is 0 Å². The summed E-state index contributed by atoms with van der Waals surface area (Å²) in [7, 11) is 0. The molecule has 0 atom stereocenters. The van der Waals surface area contributed by atoms with Gasteiger partial charge in [0.15, 0.2) is 0 Å². The summed E-state index contributed by atoms with van der Waals surface area (Å²) in [5, 5.41) is 8.14. The fourth-order valence-corrected chi connectivity index (χ4v) is 0.526. The third kappa shape index (κ3) is 11.7. The van der Waals surface area contributed by atoms with Gasteiger partial charge in [0.2, 0.25) is 0 Å². The average Bonchev–Trinajstić information content (AvgIpc) is 1.66. The summed E-state index contributed by atoms with van der Waals surface area (Å²) in [5.41, 5.74) is 0. The molecule has 52 valence electrons. The average molecular weight is 235 g/mol. The van der Waals surface area contributed by atoms with Crippen molar-refractivity contribution in [2.24, 2.45) is 0 Å². The van der Waals surface area contributed by atoms with Gasteiger partial charge < -0.3 is 5.11 Å². The summed E-state index contributed by atoms with van der Waals surface area (Å²) in [5.74, 6) is -0.682. The molecule has 0 aliphatic heterocycles. The maximum absolute atomic E-state index is 9.87. The number of rotatable bonds is 4. The van der Waals surface area contributed by atoms with E-state index in [-0.39, 0.29) is 23.9 Å². The Hall–Kier alpha value is 0.269. The van der Waals surface area contributed by atoms with Gasteiger partial charge in [-0.3, -0.25) is 4.79 Å². The van der Waals surface area contributed by atoms with Crippen LogP contribution in [0.5, 0.6) is 0 Å². The van der Waals surface area contributed by atoms with E-state index in [9.17, 15) is 4.79 Å². The minimum Gasteiger partial charge on any atom is -0.481 e. The quantitative estimate of drug-likeness (QED) is 0.588. The summed E-state index contributed by atoms with van der Waals surface area (Å²) in [6.07, 6.45) is 3.28. The molecule has 0 saturated heterocycles. The van der Waals surface area contributed by atoms with Crippen LogP contribution >= 0.6 is 0 Å². The fraction of sp³-hybridized carbons (Fsp3) is 0.833. The molecule has 0 aromatic rings. The molecule has 0 heterocycles. The Bertz CT molecular complexity index is 73.5. The first-order chi connectivity index (χ1) is 3.77. The van der Waals surface area contributed by atoms with Crippen molar-refractivity contribution in [1.29, 1.82) is 0 Å². The van der Waals surface area contributed by atoms with Crippen molar-refractivity contribution >= 4 is 29.9 Å². The van der Waals surface area contributed by atoms with Crippen LogP contribution in [0.2, 0.25) is 0 Å². The molecular formula is C6H12O2Sn. The van der Waals surface area contributed by atoms with Crippen LogP contribution in [-0.4, -0.2) is 35.0 Å². The Morgan fingerprint density at radius 3 is 2.33 bits per heavy atom. The molecule has 4 radical (unpaired) electrons. The molecule has 0 spiro atoms. The summed E-state index contributed by atoms with van der Waals surface area (Å²) in [6, 6.07) is 0. The first-order valence-corrected chi connectivity index (χ1v) is 2.99. The van der Waals surface area contributed by atoms with Gasteiger partial charge in [0.05, 0.1) is 0 Å². The van der Waals surface area contributed by atoms with Crippen molar-refractivity contribution in [1.82, 2.24) is 0 Å². The van der Waals surface area contributed by atoms with Gasteiger partial charge in [-0.15, -0.1) is 0 Å². The van der Waals surface area contributed by atoms with E-state index in [1.807, 2.05) is 0 Å². The predicted molar refractivity (Wildman–Crippen MR) is 37.5 cm³/mol. The largest absolute Gasteiger partial charge is 0.481 e. The monoisotopic (exact) mass is 236 g/mol. The Labute approximate surface area is 72.6 Å². The molecule has 0 aromatic heterocycles. The fourth-order valence-electron chi connectivity index (χ4n) is 0.526. The van der Waals surface area contributed by atoms with Gasteiger partial charge >= 0.3 is 5.97 Å². The van der Waals surface area contributed by atoms with Gasteiger partial charge in [0.25, 0.3) is 0 Å². The van der Waals surface area contributed by atoms with Crippen molar-refractivity contribution in [3.63, 3.8) is 0 Å². The second-order valence-corrected chi connectivity index (χ2v) is 1.85. The molecular weight excluding hydrogens is 223 g/mol. The predicted octanol–water partition coefficient (Wildman–Crippen LogP) is 1.27. The van der Waals surface area contributed by atoms with Crippen molar-refractivity contribution in [2.75, 3.05) is 0 Å². The van der Waals surface area contributed by atoms with Crippen LogP contribution in [0.3, 0.4) is 0 Å². The zero-order chi connectivity index (χ0) is 6.41. The number of hydrogen-bond donors (Lipinski definition) is 1. The van der Waals surface area contributed by atoms with Crippen LogP contribution in [0.25, 0.3) is 0 Å². The number of unbranched alkanes of at least 4 members (excludes halogenated alkanes) is 2. The van der Waals surface area contributed by atoms with Crippen LogP contribution in [0, 0.1) is 0 Å². The van der Waals surface area contributed by atoms with Crippen LogP contribution in [0.15, 0.2) is 0 Å². The molecule has 3 heteroatoms. The SMILES string of the molecule is CCCCCC(=O)O.[Sn]. The third-order valence-corrected chi connectivity index (χ3v) is 0.994. The number of aliphatic carboxylic acids is 1. The van der Waals surface area contributed by atoms with Crippen molar-refractivity contribution in [3.8, 4) is 0 Å². The van der Waals surface area contributed by atoms with E-state index < -0.39 is 5.97 Å². The Balaban J connectivity index is 0. The minimum atomic E-state index is -0.682. The molecule has 0 unspecified atom stereocenters. The smallest absolute Gasteiger partial charge is 0.303 e. The van der Waals surface area contributed by atoms with Gasteiger partial charge in [-0.05, 0) is 6.42 Å². The Morgan fingerprint density at radius 1 is 1.44 bits per heavy atom. The van der Waals surface area contributed by atoms with E-state index >= 15 is 0 Å². The molecule has 0 aromatic carbocycles. The van der Waals surface area contributed by atoms with Crippen molar-refractivity contribution in [3.05, 3.63) is 0 Å². The number of carbonyl (C=O) groups is 1. The summed E-state index contributed by atoms with van der Waals surface area (Å²) in [6.45, 7) is 2.06. The van der Waals surface area contributed by atoms with Gasteiger partial charge in [0.1, 0.15) is 0 Å². The van der Waals surface area contributed by atoms with E-state index in [1.54, 1.807) is 0 Å². The molecule has 0 fully saturated rings. The first-order valence-electron chi connectivity index (χ1n) is 2.99. The zero-order valence-corrected chi connectivity index (χ0v) is 8.54. The summed E-state index contributed by atoms with van der Waals surface area (Å²) < 4.78 is 0. The first kappa shape index (κ1) is 12.0. The summed E-state index contributed by atoms with van der Waals surface area (Å²) >= 11 is 0. The maximum Gasteiger partial charge on any atom is 0.303 e. The van der Waals surface area contributed by atoms with E-state index in [4.69, 9.17) is 5.11 Å². The molecule has 0 aliphatic carbocycles. The normalized spacial score (nSPS) is 8.11. The molecule has 0 rings (SSSR count). The van der Waals surface area contributed by atoms with E-state index in [0.29, 0.717) is 6.42 Å². The molecule has 0 amide bonds. The second kappa shape index (κ2) is 8.27. The van der Waals surface area contributed by atoms with E-state index in [0.717, 1.165) is 19.3 Å². The molecule has 2 nitrogen and oxygen atoms in total. The molecule has 9 heavy (non-hydrogen) atoms. The van der Waals surface area contributed by atoms with Crippen LogP contribution < -0.4 is 0 Å². The van der Waals surface area contributed by atoms with Gasteiger partial charge in [0, 0.05) is 30.3 Å². The molecule has 0 aliphatic rings. The van der Waals surface area contributed by atoms with Gasteiger partial charge in [-0.1, -0.05) is 19.8 Å². The molecule has 0 saturated carbocycles. The third-order valence-electron chi connectivity index (χ3n) is 0.994. The Morgan fingerprint density at radius 2 is 2.00 bits per heavy atom. The summed E-state index contributed by atoms with van der Waals surface area (Å²) in [4.78, 5) is 9.87. The maximum atomic E-state index is 9.87. The number of hydrogen-bond acceptors (Lipinski definition) is 1. The van der Waals surface area contributed by atoms with Crippen molar-refractivity contribution < 1.29 is 9.90 Å². The topological polar surface area (TPSA) is 37.3 Å². The van der Waals surface area contributed by atoms with Gasteiger partial charge in [-0.2, -0.15) is 0 Å². The van der Waals surface area contributed by atoms with Gasteiger partial charge in [-0.25, -0.2) is 0 Å². The van der Waals surface area contributed by atoms with E-state index in [2.05, 4.69) is 6.92 Å². The Kier molecular flexibility index (Phi) is 11.0.